The van der Waals surface area contributed by atoms with Crippen LogP contribution < -0.4 is 0 Å². The Morgan fingerprint density at radius 1 is 1.07 bits per heavy atom. The maximum Gasteiger partial charge on any atom is 0.410 e. The van der Waals surface area contributed by atoms with E-state index in [0.29, 0.717) is 13.0 Å². The van der Waals surface area contributed by atoms with Crippen LogP contribution in [0.2, 0.25) is 0 Å². The maximum atomic E-state index is 12.6. The van der Waals surface area contributed by atoms with E-state index in [1.54, 1.807) is 0 Å². The lowest BCUT2D eigenvalue weighted by atomic mass is 9.98. The molecule has 0 aromatic heterocycles. The standard InChI is InChI=1S/C21H21NO5/c1-26-18-10-11-22(19(18)20(23)24)21(25)27-12-17-15-8-4-2-6-13(15)14-7-3-5-9-16(14)17/h2-9,17-19H,10-12H2,1H3,(H,23,24)/t18-,19+/m0/s1. The number of nitrogens with zero attached hydrogens (tertiary/aromatic N) is 1. The molecule has 1 amide bonds. The number of aliphatic carboxylic acids is 1. The van der Waals surface area contributed by atoms with Crippen molar-refractivity contribution in [1.29, 1.82) is 0 Å². The molecule has 0 saturated carbocycles. The van der Waals surface area contributed by atoms with Gasteiger partial charge in [0, 0.05) is 19.6 Å². The second-order valence-corrected chi connectivity index (χ2v) is 6.84. The molecule has 0 bridgehead atoms. The molecule has 2 atom stereocenters. The van der Waals surface area contributed by atoms with Gasteiger partial charge in [-0.2, -0.15) is 0 Å². The summed E-state index contributed by atoms with van der Waals surface area (Å²) in [5, 5.41) is 9.44. The van der Waals surface area contributed by atoms with Crippen LogP contribution in [0.4, 0.5) is 4.79 Å². The molecule has 1 saturated heterocycles. The zero-order valence-corrected chi connectivity index (χ0v) is 15.0. The molecular weight excluding hydrogens is 346 g/mol. The number of benzene rings is 2. The molecule has 0 unspecified atom stereocenters. The van der Waals surface area contributed by atoms with Gasteiger partial charge >= 0.3 is 12.1 Å². The van der Waals surface area contributed by atoms with Crippen molar-refractivity contribution >= 4 is 12.1 Å². The van der Waals surface area contributed by atoms with E-state index in [1.807, 2.05) is 36.4 Å². The first-order valence-corrected chi connectivity index (χ1v) is 8.99. The van der Waals surface area contributed by atoms with Crippen molar-refractivity contribution in [3.8, 4) is 11.1 Å². The summed E-state index contributed by atoms with van der Waals surface area (Å²) in [6.45, 7) is 0.486. The van der Waals surface area contributed by atoms with E-state index in [1.165, 1.54) is 12.0 Å². The van der Waals surface area contributed by atoms with E-state index in [2.05, 4.69) is 12.1 Å². The number of carboxylic acids is 1. The third kappa shape index (κ3) is 2.96. The lowest BCUT2D eigenvalue weighted by Crippen LogP contribution is -2.46. The molecule has 27 heavy (non-hydrogen) atoms. The smallest absolute Gasteiger partial charge is 0.410 e. The second-order valence-electron chi connectivity index (χ2n) is 6.84. The van der Waals surface area contributed by atoms with Gasteiger partial charge in [-0.15, -0.1) is 0 Å². The molecule has 4 rings (SSSR count). The molecule has 1 aliphatic heterocycles. The zero-order valence-electron chi connectivity index (χ0n) is 15.0. The Morgan fingerprint density at radius 2 is 1.67 bits per heavy atom. The van der Waals surface area contributed by atoms with Gasteiger partial charge in [-0.25, -0.2) is 9.59 Å². The van der Waals surface area contributed by atoms with Gasteiger partial charge < -0.3 is 14.6 Å². The van der Waals surface area contributed by atoms with Crippen molar-refractivity contribution in [1.82, 2.24) is 4.90 Å². The summed E-state index contributed by atoms with van der Waals surface area (Å²) in [6.07, 6.45) is -0.635. The largest absolute Gasteiger partial charge is 0.480 e. The van der Waals surface area contributed by atoms with Crippen molar-refractivity contribution in [2.45, 2.75) is 24.5 Å². The lowest BCUT2D eigenvalue weighted by molar-refractivity contribution is -0.145. The van der Waals surface area contributed by atoms with Crippen LogP contribution >= 0.6 is 0 Å². The minimum atomic E-state index is -1.08. The lowest BCUT2D eigenvalue weighted by Gasteiger charge is -2.24. The van der Waals surface area contributed by atoms with E-state index in [-0.39, 0.29) is 12.5 Å². The highest BCUT2D eigenvalue weighted by molar-refractivity contribution is 5.82. The predicted molar refractivity (Wildman–Crippen MR) is 98.6 cm³/mol. The average molecular weight is 367 g/mol. The Morgan fingerprint density at radius 3 is 2.22 bits per heavy atom. The molecule has 1 aliphatic carbocycles. The summed E-state index contributed by atoms with van der Waals surface area (Å²) >= 11 is 0. The molecule has 6 heteroatoms. The number of fused-ring (bicyclic) bond motifs is 3. The molecule has 2 aromatic rings. The number of carbonyl (C=O) groups excluding carboxylic acids is 1. The van der Waals surface area contributed by atoms with Crippen LogP contribution in [0.1, 0.15) is 23.5 Å². The second kappa shape index (κ2) is 7.04. The average Bonchev–Trinajstić information content (AvgIpc) is 3.26. The highest BCUT2D eigenvalue weighted by Gasteiger charge is 2.43. The van der Waals surface area contributed by atoms with Crippen LogP contribution in [-0.2, 0) is 14.3 Å². The number of rotatable bonds is 4. The number of hydrogen-bond donors (Lipinski definition) is 1. The van der Waals surface area contributed by atoms with Crippen molar-refractivity contribution < 1.29 is 24.2 Å². The molecular formula is C21H21NO5. The molecule has 2 aromatic carbocycles. The molecule has 1 fully saturated rings. The van der Waals surface area contributed by atoms with Gasteiger partial charge in [0.05, 0.1) is 6.10 Å². The van der Waals surface area contributed by atoms with Gasteiger partial charge in [0.1, 0.15) is 6.61 Å². The Hall–Kier alpha value is -2.86. The summed E-state index contributed by atoms with van der Waals surface area (Å²) in [4.78, 5) is 25.4. The molecule has 1 heterocycles. The Labute approximate surface area is 157 Å². The zero-order chi connectivity index (χ0) is 19.0. The highest BCUT2D eigenvalue weighted by Crippen LogP contribution is 2.44. The SMILES string of the molecule is CO[C@H]1CCN(C(=O)OCC2c3ccccc3-c3ccccc32)[C@H]1C(=O)O. The summed E-state index contributed by atoms with van der Waals surface area (Å²) in [6, 6.07) is 15.2. The molecule has 1 N–H and O–H groups in total. The van der Waals surface area contributed by atoms with E-state index in [9.17, 15) is 14.7 Å². The number of methoxy groups -OCH3 is 1. The summed E-state index contributed by atoms with van der Waals surface area (Å²) in [5.41, 5.74) is 4.55. The van der Waals surface area contributed by atoms with Crippen molar-refractivity contribution in [2.75, 3.05) is 20.3 Å². The fourth-order valence-corrected chi connectivity index (χ4v) is 4.18. The van der Waals surface area contributed by atoms with E-state index in [0.717, 1.165) is 22.3 Å². The van der Waals surface area contributed by atoms with E-state index < -0.39 is 24.2 Å². The molecule has 0 radical (unpaired) electrons. The van der Waals surface area contributed by atoms with Crippen LogP contribution in [0.5, 0.6) is 0 Å². The predicted octanol–water partition coefficient (Wildman–Crippen LogP) is 3.11. The number of ether oxygens (including phenoxy) is 2. The van der Waals surface area contributed by atoms with Crippen LogP contribution in [0.3, 0.4) is 0 Å². The maximum absolute atomic E-state index is 12.6. The summed E-state index contributed by atoms with van der Waals surface area (Å²) < 4.78 is 10.8. The first-order chi connectivity index (χ1) is 13.1. The fraction of sp³-hybridized carbons (Fsp3) is 0.333. The fourth-order valence-electron chi connectivity index (χ4n) is 4.18. The van der Waals surface area contributed by atoms with Gasteiger partial charge in [0.25, 0.3) is 0 Å². The van der Waals surface area contributed by atoms with Gasteiger partial charge in [-0.05, 0) is 28.7 Å². The van der Waals surface area contributed by atoms with Crippen LogP contribution in [0.15, 0.2) is 48.5 Å². The number of likely N-dealkylation sites (tertiary alicyclic amines) is 1. The number of carbonyl (C=O) groups is 2. The van der Waals surface area contributed by atoms with Crippen LogP contribution in [0.25, 0.3) is 11.1 Å². The third-order valence-electron chi connectivity index (χ3n) is 5.47. The number of amides is 1. The highest BCUT2D eigenvalue weighted by atomic mass is 16.6. The summed E-state index contributed by atoms with van der Waals surface area (Å²) in [5.74, 6) is -1.13. The first kappa shape index (κ1) is 17.5. The topological polar surface area (TPSA) is 76.1 Å². The van der Waals surface area contributed by atoms with Crippen molar-refractivity contribution in [2.24, 2.45) is 0 Å². The van der Waals surface area contributed by atoms with Gasteiger partial charge in [0.15, 0.2) is 6.04 Å². The molecule has 2 aliphatic rings. The number of hydrogen-bond acceptors (Lipinski definition) is 4. The normalized spacial score (nSPS) is 21.0. The molecule has 140 valence electrons. The van der Waals surface area contributed by atoms with Gasteiger partial charge in [-0.3, -0.25) is 4.90 Å². The monoisotopic (exact) mass is 367 g/mol. The van der Waals surface area contributed by atoms with E-state index in [4.69, 9.17) is 9.47 Å². The van der Waals surface area contributed by atoms with E-state index >= 15 is 0 Å². The van der Waals surface area contributed by atoms with Gasteiger partial charge in [-0.1, -0.05) is 48.5 Å². The molecule has 0 spiro atoms. The quantitative estimate of drug-likeness (QED) is 0.899. The minimum absolute atomic E-state index is 0.0505. The molecule has 6 nitrogen and oxygen atoms in total. The Kier molecular flexibility index (Phi) is 4.58. The summed E-state index contributed by atoms with van der Waals surface area (Å²) in [7, 11) is 1.46. The van der Waals surface area contributed by atoms with Crippen molar-refractivity contribution in [3.63, 3.8) is 0 Å². The van der Waals surface area contributed by atoms with Crippen LogP contribution in [-0.4, -0.2) is 54.5 Å². The Bertz CT molecular complexity index is 835. The van der Waals surface area contributed by atoms with Gasteiger partial charge in [0.2, 0.25) is 0 Å². The minimum Gasteiger partial charge on any atom is -0.480 e. The van der Waals surface area contributed by atoms with Crippen LogP contribution in [0, 0.1) is 0 Å². The third-order valence-corrected chi connectivity index (χ3v) is 5.47. The van der Waals surface area contributed by atoms with Crippen molar-refractivity contribution in [3.05, 3.63) is 59.7 Å². The Balaban J connectivity index is 1.52. The number of carboxylic acid groups (broad SMARTS) is 1. The first-order valence-electron chi connectivity index (χ1n) is 8.99.